The van der Waals surface area contributed by atoms with Gasteiger partial charge in [-0.25, -0.2) is 4.79 Å². The van der Waals surface area contributed by atoms with Gasteiger partial charge >= 0.3 is 6.03 Å². The number of rotatable bonds is 5. The summed E-state index contributed by atoms with van der Waals surface area (Å²) < 4.78 is 1.69. The van der Waals surface area contributed by atoms with Crippen molar-refractivity contribution < 1.29 is 4.79 Å². The molecule has 0 saturated carbocycles. The average Bonchev–Trinajstić information content (AvgIpc) is 3.13. The molecule has 0 unspecified atom stereocenters. The summed E-state index contributed by atoms with van der Waals surface area (Å²) in [6.45, 7) is 0.391. The number of benzene rings is 2. The number of nitrogens with one attached hydrogen (secondary N) is 2. The summed E-state index contributed by atoms with van der Waals surface area (Å²) in [6, 6.07) is 18.7. The van der Waals surface area contributed by atoms with E-state index in [0.717, 1.165) is 27.0 Å². The van der Waals surface area contributed by atoms with E-state index in [4.69, 9.17) is 17.5 Å². The Bertz CT molecular complexity index is 1270. The first kappa shape index (κ1) is 19.8. The summed E-state index contributed by atoms with van der Waals surface area (Å²) in [7, 11) is 0. The fourth-order valence-corrected chi connectivity index (χ4v) is 4.19. The topological polar surface area (TPSA) is 84.8 Å². The van der Waals surface area contributed by atoms with E-state index in [1.54, 1.807) is 29.4 Å². The number of nitriles is 1. The van der Waals surface area contributed by atoms with Gasteiger partial charge in [-0.3, -0.25) is 9.88 Å². The van der Waals surface area contributed by atoms with Gasteiger partial charge in [0.15, 0.2) is 3.95 Å². The molecule has 0 saturated heterocycles. The van der Waals surface area contributed by atoms with E-state index in [9.17, 15) is 4.79 Å². The smallest absolute Gasteiger partial charge is 0.326 e. The molecule has 0 aliphatic carbocycles. The summed E-state index contributed by atoms with van der Waals surface area (Å²) in [5.74, 6) is 0. The second-order valence-corrected chi connectivity index (χ2v) is 8.32. The number of aromatic nitrogens is 2. The molecule has 2 heterocycles. The zero-order chi connectivity index (χ0) is 20.9. The van der Waals surface area contributed by atoms with Gasteiger partial charge in [-0.2, -0.15) is 5.26 Å². The van der Waals surface area contributed by atoms with E-state index in [2.05, 4.69) is 21.4 Å². The van der Waals surface area contributed by atoms with Crippen molar-refractivity contribution in [1.82, 2.24) is 9.97 Å². The number of H-pyrrole nitrogens is 1. The van der Waals surface area contributed by atoms with Crippen LogP contribution in [0.2, 0.25) is 0 Å². The minimum absolute atomic E-state index is 0.252. The summed E-state index contributed by atoms with van der Waals surface area (Å²) >= 11 is 6.71. The molecule has 2 amide bonds. The number of carbonyl (C=O) groups is 1. The predicted molar refractivity (Wildman–Crippen MR) is 122 cm³/mol. The van der Waals surface area contributed by atoms with Crippen LogP contribution in [0, 0.1) is 15.3 Å². The van der Waals surface area contributed by atoms with E-state index in [0.29, 0.717) is 22.6 Å². The van der Waals surface area contributed by atoms with Gasteiger partial charge < -0.3 is 10.3 Å². The molecule has 2 aromatic carbocycles. The third-order valence-electron chi connectivity index (χ3n) is 4.54. The number of carbonyl (C=O) groups excluding carboxylic acids is 1. The zero-order valence-corrected chi connectivity index (χ0v) is 17.5. The normalized spacial score (nSPS) is 10.5. The third-order valence-corrected chi connectivity index (χ3v) is 5.74. The molecule has 0 radical (unpaired) electrons. The number of pyridine rings is 1. The third kappa shape index (κ3) is 4.54. The van der Waals surface area contributed by atoms with E-state index in [-0.39, 0.29) is 6.03 Å². The number of thiazole rings is 1. The molecule has 2 aromatic heterocycles. The van der Waals surface area contributed by atoms with Crippen molar-refractivity contribution in [1.29, 1.82) is 5.26 Å². The number of urea groups is 1. The van der Waals surface area contributed by atoms with Crippen LogP contribution in [-0.4, -0.2) is 16.0 Å². The monoisotopic (exact) mass is 431 g/mol. The second kappa shape index (κ2) is 8.86. The molecule has 6 nitrogen and oxygen atoms in total. The predicted octanol–water partition coefficient (Wildman–Crippen LogP) is 5.66. The lowest BCUT2D eigenvalue weighted by molar-refractivity contribution is 0.256. The largest absolute Gasteiger partial charge is 0.337 e. The van der Waals surface area contributed by atoms with Crippen LogP contribution >= 0.6 is 23.6 Å². The van der Waals surface area contributed by atoms with Gasteiger partial charge in [0.05, 0.1) is 29.3 Å². The minimum atomic E-state index is -0.252. The summed E-state index contributed by atoms with van der Waals surface area (Å²) in [5, 5.41) is 11.8. The molecule has 0 aliphatic rings. The number of fused-ring (bicyclic) bond motifs is 1. The lowest BCUT2D eigenvalue weighted by Gasteiger charge is -2.23. The maximum Gasteiger partial charge on any atom is 0.326 e. The van der Waals surface area contributed by atoms with Crippen molar-refractivity contribution in [2.24, 2.45) is 0 Å². The lowest BCUT2D eigenvalue weighted by atomic mass is 10.1. The van der Waals surface area contributed by atoms with Crippen molar-refractivity contribution in [2.45, 2.75) is 13.0 Å². The van der Waals surface area contributed by atoms with E-state index in [1.807, 2.05) is 42.5 Å². The lowest BCUT2D eigenvalue weighted by Crippen LogP contribution is -2.34. The van der Waals surface area contributed by atoms with Crippen molar-refractivity contribution in [3.8, 4) is 6.07 Å². The SMILES string of the molecule is N#CCc1ccc(NC(=O)N(Cc2ccncc2)c2ccc3[nH]c(=S)sc3c2)cc1. The van der Waals surface area contributed by atoms with Crippen LogP contribution in [0.3, 0.4) is 0 Å². The van der Waals surface area contributed by atoms with E-state index >= 15 is 0 Å². The van der Waals surface area contributed by atoms with Gasteiger partial charge in [-0.15, -0.1) is 11.3 Å². The van der Waals surface area contributed by atoms with Gasteiger partial charge in [0.25, 0.3) is 0 Å². The van der Waals surface area contributed by atoms with E-state index in [1.165, 1.54) is 11.3 Å². The molecule has 4 aromatic rings. The Morgan fingerprint density at radius 2 is 1.90 bits per heavy atom. The molecule has 0 bridgehead atoms. The minimum Gasteiger partial charge on any atom is -0.337 e. The van der Waals surface area contributed by atoms with Crippen molar-refractivity contribution in [3.63, 3.8) is 0 Å². The Labute approximate surface area is 182 Å². The fourth-order valence-electron chi connectivity index (χ4n) is 3.04. The highest BCUT2D eigenvalue weighted by Gasteiger charge is 2.17. The number of nitrogens with zero attached hydrogens (tertiary/aromatic N) is 3. The quantitative estimate of drug-likeness (QED) is 0.399. The Morgan fingerprint density at radius 3 is 2.63 bits per heavy atom. The molecule has 0 spiro atoms. The van der Waals surface area contributed by atoms with Crippen LogP contribution in [0.5, 0.6) is 0 Å². The second-order valence-electron chi connectivity index (χ2n) is 6.60. The first-order valence-corrected chi connectivity index (χ1v) is 10.4. The van der Waals surface area contributed by atoms with Gasteiger partial charge in [0.1, 0.15) is 0 Å². The first-order valence-electron chi connectivity index (χ1n) is 9.18. The number of hydrogen-bond acceptors (Lipinski definition) is 5. The first-order chi connectivity index (χ1) is 14.6. The van der Waals surface area contributed by atoms with Crippen LogP contribution < -0.4 is 10.2 Å². The molecule has 4 rings (SSSR count). The molecule has 0 atom stereocenters. The fraction of sp³-hybridized carbons (Fsp3) is 0.0909. The Balaban J connectivity index is 1.64. The maximum atomic E-state index is 13.2. The van der Waals surface area contributed by atoms with Crippen LogP contribution in [0.15, 0.2) is 67.0 Å². The highest BCUT2D eigenvalue weighted by atomic mass is 32.1. The molecule has 8 heteroatoms. The Hall–Kier alpha value is -3.54. The van der Waals surface area contributed by atoms with Gasteiger partial charge in [0, 0.05) is 23.8 Å². The maximum absolute atomic E-state index is 13.2. The molecule has 2 N–H and O–H groups in total. The van der Waals surface area contributed by atoms with E-state index < -0.39 is 0 Å². The average molecular weight is 432 g/mol. The van der Waals surface area contributed by atoms with Crippen LogP contribution in [0.25, 0.3) is 10.2 Å². The number of aromatic amines is 1. The van der Waals surface area contributed by atoms with Crippen LogP contribution in [0.4, 0.5) is 16.2 Å². The molecular formula is C22H17N5OS2. The summed E-state index contributed by atoms with van der Waals surface area (Å²) in [5.41, 5.74) is 4.25. The molecular weight excluding hydrogens is 414 g/mol. The summed E-state index contributed by atoms with van der Waals surface area (Å²) in [6.07, 6.45) is 3.76. The number of hydrogen-bond donors (Lipinski definition) is 2. The standard InChI is InChI=1S/C22H17N5OS2/c23-10-7-15-1-3-17(4-2-15)25-21(28)27(14-16-8-11-24-12-9-16)18-5-6-19-20(13-18)30-22(29)26-19/h1-6,8-9,11-13H,7,14H2,(H,25,28)(H,26,29). The van der Waals surface area contributed by atoms with Crippen LogP contribution in [0.1, 0.15) is 11.1 Å². The highest BCUT2D eigenvalue weighted by molar-refractivity contribution is 7.73. The zero-order valence-electron chi connectivity index (χ0n) is 15.8. The van der Waals surface area contributed by atoms with Crippen molar-refractivity contribution in [3.05, 3.63) is 82.1 Å². The summed E-state index contributed by atoms with van der Waals surface area (Å²) in [4.78, 5) is 22.1. The van der Waals surface area contributed by atoms with Crippen LogP contribution in [-0.2, 0) is 13.0 Å². The number of amides is 2. The molecule has 148 valence electrons. The van der Waals surface area contributed by atoms with Gasteiger partial charge in [0.2, 0.25) is 0 Å². The van der Waals surface area contributed by atoms with Gasteiger partial charge in [-0.1, -0.05) is 12.1 Å². The highest BCUT2D eigenvalue weighted by Crippen LogP contribution is 2.27. The number of anilines is 2. The van der Waals surface area contributed by atoms with Gasteiger partial charge in [-0.05, 0) is 65.8 Å². The van der Waals surface area contributed by atoms with Crippen molar-refractivity contribution >= 4 is 51.2 Å². The molecule has 30 heavy (non-hydrogen) atoms. The Kier molecular flexibility index (Phi) is 5.84. The Morgan fingerprint density at radius 1 is 1.13 bits per heavy atom. The van der Waals surface area contributed by atoms with Crippen molar-refractivity contribution in [2.75, 3.05) is 10.2 Å². The molecule has 0 aliphatic heterocycles. The molecule has 0 fully saturated rings.